The molecular weight excluding hydrogens is 348 g/mol. The quantitative estimate of drug-likeness (QED) is 0.479. The molecule has 0 saturated heterocycles. The maximum Gasteiger partial charge on any atom is 0.216 e. The third-order valence-corrected chi connectivity index (χ3v) is 4.01. The number of nitrogens with zero attached hydrogens (tertiary/aromatic N) is 2. The highest BCUT2D eigenvalue weighted by molar-refractivity contribution is 5.79. The lowest BCUT2D eigenvalue weighted by Crippen LogP contribution is -2.39. The SMILES string of the molecule is CCNC(=NCc1nc(C)c(C)o1)NCC(O)c1cc(OC)cc(OC)c1. The smallest absolute Gasteiger partial charge is 0.216 e. The molecule has 2 rings (SSSR count). The lowest BCUT2D eigenvalue weighted by atomic mass is 10.1. The van der Waals surface area contributed by atoms with Crippen LogP contribution in [0.25, 0.3) is 0 Å². The van der Waals surface area contributed by atoms with Crippen LogP contribution in [-0.2, 0) is 6.54 Å². The molecule has 0 spiro atoms. The Morgan fingerprint density at radius 1 is 1.19 bits per heavy atom. The second kappa shape index (κ2) is 9.82. The number of aromatic nitrogens is 1. The predicted octanol–water partition coefficient (Wildman–Crippen LogP) is 2.10. The van der Waals surface area contributed by atoms with Gasteiger partial charge in [-0.1, -0.05) is 0 Å². The van der Waals surface area contributed by atoms with E-state index >= 15 is 0 Å². The van der Waals surface area contributed by atoms with Crippen molar-refractivity contribution in [3.8, 4) is 11.5 Å². The predicted molar refractivity (Wildman–Crippen MR) is 103 cm³/mol. The number of oxazole rings is 1. The van der Waals surface area contributed by atoms with E-state index in [0.29, 0.717) is 42.0 Å². The summed E-state index contributed by atoms with van der Waals surface area (Å²) < 4.78 is 16.0. The van der Waals surface area contributed by atoms with Gasteiger partial charge in [0.2, 0.25) is 5.89 Å². The number of aliphatic imine (C=N–C) groups is 1. The van der Waals surface area contributed by atoms with Crippen molar-refractivity contribution in [3.63, 3.8) is 0 Å². The van der Waals surface area contributed by atoms with Crippen LogP contribution in [0.2, 0.25) is 0 Å². The molecule has 0 fully saturated rings. The molecule has 1 aromatic heterocycles. The maximum atomic E-state index is 10.5. The van der Waals surface area contributed by atoms with Gasteiger partial charge in [-0.2, -0.15) is 0 Å². The third kappa shape index (κ3) is 5.89. The van der Waals surface area contributed by atoms with E-state index in [9.17, 15) is 5.11 Å². The summed E-state index contributed by atoms with van der Waals surface area (Å²) in [7, 11) is 3.15. The number of aliphatic hydroxyl groups is 1. The number of guanidine groups is 1. The minimum Gasteiger partial charge on any atom is -0.497 e. The van der Waals surface area contributed by atoms with Crippen LogP contribution in [0.1, 0.15) is 35.9 Å². The summed E-state index contributed by atoms with van der Waals surface area (Å²) in [4.78, 5) is 8.77. The number of hydrogen-bond acceptors (Lipinski definition) is 6. The minimum absolute atomic E-state index is 0.270. The maximum absolute atomic E-state index is 10.5. The van der Waals surface area contributed by atoms with Gasteiger partial charge in [0.25, 0.3) is 0 Å². The first-order valence-electron chi connectivity index (χ1n) is 8.82. The number of hydrogen-bond donors (Lipinski definition) is 3. The van der Waals surface area contributed by atoms with Gasteiger partial charge >= 0.3 is 0 Å². The zero-order valence-electron chi connectivity index (χ0n) is 16.5. The zero-order valence-corrected chi connectivity index (χ0v) is 16.5. The number of nitrogens with one attached hydrogen (secondary N) is 2. The standard InChI is InChI=1S/C19H28N4O4/c1-6-20-19(22-11-18-23-12(2)13(3)27-18)21-10-17(24)14-7-15(25-4)9-16(8-14)26-5/h7-9,17,24H,6,10-11H2,1-5H3,(H2,20,21,22). The van der Waals surface area contributed by atoms with E-state index in [0.717, 1.165) is 11.5 Å². The summed E-state index contributed by atoms with van der Waals surface area (Å²) in [6.07, 6.45) is -0.760. The fourth-order valence-electron chi connectivity index (χ4n) is 2.43. The molecule has 1 unspecified atom stereocenters. The Balaban J connectivity index is 2.03. The van der Waals surface area contributed by atoms with Crippen molar-refractivity contribution in [2.75, 3.05) is 27.3 Å². The van der Waals surface area contributed by atoms with E-state index in [-0.39, 0.29) is 6.54 Å². The van der Waals surface area contributed by atoms with Crippen LogP contribution in [0.3, 0.4) is 0 Å². The summed E-state index contributed by atoms with van der Waals surface area (Å²) in [5.41, 5.74) is 1.55. The van der Waals surface area contributed by atoms with E-state index < -0.39 is 6.10 Å². The molecule has 8 heteroatoms. The van der Waals surface area contributed by atoms with Crippen LogP contribution in [-0.4, -0.2) is 43.4 Å². The normalized spacial score (nSPS) is 12.6. The number of aliphatic hydroxyl groups excluding tert-OH is 1. The number of ether oxygens (including phenoxy) is 2. The molecule has 148 valence electrons. The molecule has 2 aromatic rings. The molecule has 1 aromatic carbocycles. The van der Waals surface area contributed by atoms with Crippen molar-refractivity contribution < 1.29 is 19.0 Å². The zero-order chi connectivity index (χ0) is 19.8. The molecule has 0 bridgehead atoms. The number of methoxy groups -OCH3 is 2. The Morgan fingerprint density at radius 2 is 1.85 bits per heavy atom. The Kier molecular flexibility index (Phi) is 7.48. The topological polar surface area (TPSA) is 101 Å². The molecule has 8 nitrogen and oxygen atoms in total. The summed E-state index contributed by atoms with van der Waals surface area (Å²) in [5.74, 6) is 3.16. The second-order valence-corrected chi connectivity index (χ2v) is 5.99. The summed E-state index contributed by atoms with van der Waals surface area (Å²) in [6, 6.07) is 5.31. The van der Waals surface area contributed by atoms with Crippen molar-refractivity contribution in [3.05, 3.63) is 41.1 Å². The average Bonchev–Trinajstić information content (AvgIpc) is 3.00. The van der Waals surface area contributed by atoms with Crippen molar-refractivity contribution >= 4 is 5.96 Å². The first-order chi connectivity index (χ1) is 13.0. The van der Waals surface area contributed by atoms with Crippen molar-refractivity contribution in [2.45, 2.75) is 33.4 Å². The van der Waals surface area contributed by atoms with Crippen LogP contribution >= 0.6 is 0 Å². The lowest BCUT2D eigenvalue weighted by molar-refractivity contribution is 0.180. The fraction of sp³-hybridized carbons (Fsp3) is 0.474. The molecule has 0 aliphatic carbocycles. The van der Waals surface area contributed by atoms with Gasteiger partial charge in [-0.05, 0) is 38.5 Å². The van der Waals surface area contributed by atoms with Crippen LogP contribution < -0.4 is 20.1 Å². The summed E-state index contributed by atoms with van der Waals surface area (Å²) >= 11 is 0. The van der Waals surface area contributed by atoms with Gasteiger partial charge in [0, 0.05) is 19.2 Å². The largest absolute Gasteiger partial charge is 0.497 e. The van der Waals surface area contributed by atoms with E-state index in [1.807, 2.05) is 20.8 Å². The highest BCUT2D eigenvalue weighted by Gasteiger charge is 2.12. The molecule has 0 aliphatic heterocycles. The van der Waals surface area contributed by atoms with Gasteiger partial charge in [0.15, 0.2) is 5.96 Å². The van der Waals surface area contributed by atoms with Gasteiger partial charge in [-0.3, -0.25) is 0 Å². The Bertz CT molecular complexity index is 731. The number of benzene rings is 1. The van der Waals surface area contributed by atoms with Crippen LogP contribution in [0.5, 0.6) is 11.5 Å². The molecule has 0 radical (unpaired) electrons. The summed E-state index contributed by atoms with van der Waals surface area (Å²) in [6.45, 7) is 7.02. The minimum atomic E-state index is -0.760. The monoisotopic (exact) mass is 376 g/mol. The van der Waals surface area contributed by atoms with Gasteiger partial charge in [-0.25, -0.2) is 9.98 Å². The molecule has 3 N–H and O–H groups in total. The fourth-order valence-corrected chi connectivity index (χ4v) is 2.43. The molecule has 1 atom stereocenters. The molecule has 0 amide bonds. The van der Waals surface area contributed by atoms with Crippen LogP contribution in [0.4, 0.5) is 0 Å². The van der Waals surface area contributed by atoms with Gasteiger partial charge in [-0.15, -0.1) is 0 Å². The first-order valence-corrected chi connectivity index (χ1v) is 8.82. The Hall–Kier alpha value is -2.74. The van der Waals surface area contributed by atoms with Crippen molar-refractivity contribution in [2.24, 2.45) is 4.99 Å². The third-order valence-electron chi connectivity index (χ3n) is 4.01. The van der Waals surface area contributed by atoms with E-state index in [2.05, 4.69) is 20.6 Å². The first kappa shape index (κ1) is 20.6. The Morgan fingerprint density at radius 3 is 2.37 bits per heavy atom. The number of aryl methyl sites for hydroxylation is 2. The molecular formula is C19H28N4O4. The molecule has 0 saturated carbocycles. The highest BCUT2D eigenvalue weighted by Crippen LogP contribution is 2.26. The van der Waals surface area contributed by atoms with Crippen molar-refractivity contribution in [1.82, 2.24) is 15.6 Å². The van der Waals surface area contributed by atoms with Gasteiger partial charge < -0.3 is 29.6 Å². The van der Waals surface area contributed by atoms with Crippen LogP contribution in [0, 0.1) is 13.8 Å². The van der Waals surface area contributed by atoms with Crippen LogP contribution in [0.15, 0.2) is 27.6 Å². The average molecular weight is 376 g/mol. The van der Waals surface area contributed by atoms with Gasteiger partial charge in [0.1, 0.15) is 23.8 Å². The number of rotatable bonds is 8. The van der Waals surface area contributed by atoms with E-state index in [4.69, 9.17) is 13.9 Å². The Labute approximate surface area is 159 Å². The highest BCUT2D eigenvalue weighted by atomic mass is 16.5. The molecule has 27 heavy (non-hydrogen) atoms. The van der Waals surface area contributed by atoms with E-state index in [1.165, 1.54) is 0 Å². The molecule has 0 aliphatic rings. The van der Waals surface area contributed by atoms with Crippen molar-refractivity contribution in [1.29, 1.82) is 0 Å². The molecule has 1 heterocycles. The second-order valence-electron chi connectivity index (χ2n) is 5.99. The van der Waals surface area contributed by atoms with E-state index in [1.54, 1.807) is 32.4 Å². The lowest BCUT2D eigenvalue weighted by Gasteiger charge is -2.17. The summed E-state index contributed by atoms with van der Waals surface area (Å²) in [5, 5.41) is 16.8. The van der Waals surface area contributed by atoms with Gasteiger partial charge in [0.05, 0.1) is 26.0 Å².